The molecule has 158 valence electrons. The summed E-state index contributed by atoms with van der Waals surface area (Å²) in [5.74, 6) is 1.35. The summed E-state index contributed by atoms with van der Waals surface area (Å²) in [6.45, 7) is 5.36. The smallest absolute Gasteiger partial charge is 0.259 e. The molecule has 2 aromatic carbocycles. The van der Waals surface area contributed by atoms with Crippen molar-refractivity contribution < 1.29 is 12.9 Å². The Morgan fingerprint density at radius 1 is 1.07 bits per heavy atom. The van der Waals surface area contributed by atoms with Crippen LogP contribution in [0.1, 0.15) is 19.8 Å². The van der Waals surface area contributed by atoms with E-state index in [1.807, 2.05) is 30.3 Å². The average molecular weight is 427 g/mol. The molecule has 0 bridgehead atoms. The molecule has 2 heterocycles. The second kappa shape index (κ2) is 9.07. The fourth-order valence-electron chi connectivity index (χ4n) is 3.62. The molecule has 1 fully saturated rings. The number of nitrogens with one attached hydrogen (secondary N) is 1. The monoisotopic (exact) mass is 426 g/mol. The molecular weight excluding hydrogens is 400 g/mol. The Morgan fingerprint density at radius 3 is 2.53 bits per heavy atom. The maximum Gasteiger partial charge on any atom is 0.259 e. The Balaban J connectivity index is 1.49. The van der Waals surface area contributed by atoms with Gasteiger partial charge in [0.25, 0.3) is 5.89 Å². The molecule has 0 unspecified atom stereocenters. The summed E-state index contributed by atoms with van der Waals surface area (Å²) in [5, 5.41) is 4.01. The molecule has 0 saturated carbocycles. The molecule has 30 heavy (non-hydrogen) atoms. The molecule has 8 heteroatoms. The van der Waals surface area contributed by atoms with Crippen LogP contribution >= 0.6 is 0 Å². The lowest BCUT2D eigenvalue weighted by Crippen LogP contribution is -2.39. The number of rotatable bonds is 7. The van der Waals surface area contributed by atoms with E-state index in [0.717, 1.165) is 37.4 Å². The Bertz CT molecular complexity index is 1070. The highest BCUT2D eigenvalue weighted by molar-refractivity contribution is 7.89. The molecular formula is C22H26N4O3S. The molecule has 3 aromatic rings. The summed E-state index contributed by atoms with van der Waals surface area (Å²) in [4.78, 5) is 6.85. The van der Waals surface area contributed by atoms with E-state index in [0.29, 0.717) is 24.5 Å². The van der Waals surface area contributed by atoms with Gasteiger partial charge in [0.05, 0.1) is 10.5 Å². The minimum atomic E-state index is -3.71. The van der Waals surface area contributed by atoms with E-state index in [-0.39, 0.29) is 10.8 Å². The van der Waals surface area contributed by atoms with Gasteiger partial charge >= 0.3 is 0 Å². The minimum absolute atomic E-state index is 0.139. The fraction of sp³-hybridized carbons (Fsp3) is 0.364. The van der Waals surface area contributed by atoms with Gasteiger partial charge in [-0.3, -0.25) is 0 Å². The Kier molecular flexibility index (Phi) is 6.26. The van der Waals surface area contributed by atoms with Crippen molar-refractivity contribution in [1.29, 1.82) is 0 Å². The van der Waals surface area contributed by atoms with E-state index in [1.54, 1.807) is 24.3 Å². The first kappa shape index (κ1) is 20.7. The number of nitrogens with zero attached hydrogens (tertiary/aromatic N) is 3. The van der Waals surface area contributed by atoms with Gasteiger partial charge in [-0.25, -0.2) is 13.1 Å². The summed E-state index contributed by atoms with van der Waals surface area (Å²) in [5.41, 5.74) is 1.20. The van der Waals surface area contributed by atoms with Crippen molar-refractivity contribution in [2.45, 2.75) is 24.7 Å². The number of aromatic nitrogens is 2. The van der Waals surface area contributed by atoms with Gasteiger partial charge in [-0.1, -0.05) is 54.5 Å². The highest BCUT2D eigenvalue weighted by atomic mass is 32.2. The van der Waals surface area contributed by atoms with Gasteiger partial charge in [-0.15, -0.1) is 0 Å². The van der Waals surface area contributed by atoms with Crippen molar-refractivity contribution in [2.75, 3.05) is 26.2 Å². The van der Waals surface area contributed by atoms with Crippen LogP contribution in [0.25, 0.3) is 22.8 Å². The topological polar surface area (TPSA) is 88.3 Å². The van der Waals surface area contributed by atoms with Gasteiger partial charge < -0.3 is 9.42 Å². The van der Waals surface area contributed by atoms with Crippen LogP contribution in [0.3, 0.4) is 0 Å². The number of likely N-dealkylation sites (tertiary alicyclic amines) is 1. The Labute approximate surface area is 177 Å². The molecule has 0 amide bonds. The standard InChI is InChI=1S/C22H26N4O3S/c1-17-11-14-26(15-12-17)16-13-23-30(27,28)20-10-6-5-9-19(20)22-24-21(25-29-22)18-7-3-2-4-8-18/h2-10,17,23H,11-16H2,1H3. The van der Waals surface area contributed by atoms with Crippen LogP contribution in [0.5, 0.6) is 0 Å². The van der Waals surface area contributed by atoms with Crippen molar-refractivity contribution in [3.8, 4) is 22.8 Å². The van der Waals surface area contributed by atoms with Crippen LogP contribution in [0, 0.1) is 5.92 Å². The lowest BCUT2D eigenvalue weighted by molar-refractivity contribution is 0.195. The largest absolute Gasteiger partial charge is 0.334 e. The maximum absolute atomic E-state index is 13.0. The first-order valence-electron chi connectivity index (χ1n) is 10.2. The van der Waals surface area contributed by atoms with E-state index in [1.165, 1.54) is 0 Å². The van der Waals surface area contributed by atoms with Gasteiger partial charge in [0.1, 0.15) is 0 Å². The van der Waals surface area contributed by atoms with Crippen molar-refractivity contribution in [2.24, 2.45) is 5.92 Å². The quantitative estimate of drug-likeness (QED) is 0.623. The van der Waals surface area contributed by atoms with E-state index in [9.17, 15) is 8.42 Å². The predicted molar refractivity (Wildman–Crippen MR) is 115 cm³/mol. The van der Waals surface area contributed by atoms with E-state index < -0.39 is 10.0 Å². The molecule has 1 saturated heterocycles. The third-order valence-electron chi connectivity index (χ3n) is 5.46. The number of hydrogen-bond acceptors (Lipinski definition) is 6. The second-order valence-electron chi connectivity index (χ2n) is 7.71. The first-order chi connectivity index (χ1) is 14.5. The fourth-order valence-corrected chi connectivity index (χ4v) is 4.83. The summed E-state index contributed by atoms with van der Waals surface area (Å²) in [6, 6.07) is 16.1. The lowest BCUT2D eigenvalue weighted by atomic mass is 9.99. The van der Waals surface area contributed by atoms with Crippen molar-refractivity contribution >= 4 is 10.0 Å². The molecule has 4 rings (SSSR count). The van der Waals surface area contributed by atoms with Crippen molar-refractivity contribution in [1.82, 2.24) is 19.8 Å². The summed E-state index contributed by atoms with van der Waals surface area (Å²) < 4.78 is 34.1. The minimum Gasteiger partial charge on any atom is -0.334 e. The number of hydrogen-bond donors (Lipinski definition) is 1. The summed E-state index contributed by atoms with van der Waals surface area (Å²) in [7, 11) is -3.71. The molecule has 0 aliphatic carbocycles. The van der Waals surface area contributed by atoms with Gasteiger partial charge in [-0.2, -0.15) is 4.98 Å². The molecule has 0 atom stereocenters. The molecule has 1 aromatic heterocycles. The Morgan fingerprint density at radius 2 is 1.77 bits per heavy atom. The highest BCUT2D eigenvalue weighted by Gasteiger charge is 2.23. The normalized spacial score (nSPS) is 16.0. The first-order valence-corrected chi connectivity index (χ1v) is 11.7. The van der Waals surface area contributed by atoms with E-state index in [4.69, 9.17) is 4.52 Å². The number of piperidine rings is 1. The predicted octanol–water partition coefficient (Wildman–Crippen LogP) is 3.41. The summed E-state index contributed by atoms with van der Waals surface area (Å²) in [6.07, 6.45) is 2.33. The molecule has 0 spiro atoms. The van der Waals surface area contributed by atoms with Crippen molar-refractivity contribution in [3.05, 3.63) is 54.6 Å². The van der Waals surface area contributed by atoms with Crippen LogP contribution in [-0.2, 0) is 10.0 Å². The zero-order valence-electron chi connectivity index (χ0n) is 17.0. The molecule has 1 aliphatic rings. The van der Waals surface area contributed by atoms with E-state index in [2.05, 4.69) is 26.7 Å². The van der Waals surface area contributed by atoms with Gasteiger partial charge in [0.15, 0.2) is 0 Å². The SMILES string of the molecule is CC1CCN(CCNS(=O)(=O)c2ccccc2-c2nc(-c3ccccc3)no2)CC1. The van der Waals surface area contributed by atoms with Crippen LogP contribution in [0.2, 0.25) is 0 Å². The van der Waals surface area contributed by atoms with Gasteiger partial charge in [0, 0.05) is 18.7 Å². The maximum atomic E-state index is 13.0. The van der Waals surface area contributed by atoms with Gasteiger partial charge in [0.2, 0.25) is 15.8 Å². The molecule has 0 radical (unpaired) electrons. The van der Waals surface area contributed by atoms with Crippen LogP contribution in [0.15, 0.2) is 64.0 Å². The second-order valence-corrected chi connectivity index (χ2v) is 9.44. The highest BCUT2D eigenvalue weighted by Crippen LogP contribution is 2.28. The molecule has 7 nitrogen and oxygen atoms in total. The average Bonchev–Trinajstić information content (AvgIpc) is 3.26. The zero-order valence-corrected chi connectivity index (χ0v) is 17.8. The third kappa shape index (κ3) is 4.77. The molecule has 1 N–H and O–H groups in total. The third-order valence-corrected chi connectivity index (χ3v) is 6.98. The number of sulfonamides is 1. The zero-order chi connectivity index (χ0) is 21.0. The lowest BCUT2D eigenvalue weighted by Gasteiger charge is -2.30. The molecule has 1 aliphatic heterocycles. The van der Waals surface area contributed by atoms with Crippen molar-refractivity contribution in [3.63, 3.8) is 0 Å². The summed E-state index contributed by atoms with van der Waals surface area (Å²) >= 11 is 0. The van der Waals surface area contributed by atoms with Crippen LogP contribution in [0.4, 0.5) is 0 Å². The van der Waals surface area contributed by atoms with E-state index >= 15 is 0 Å². The van der Waals surface area contributed by atoms with Gasteiger partial charge in [-0.05, 0) is 44.0 Å². The van der Waals surface area contributed by atoms with Crippen LogP contribution in [-0.4, -0.2) is 49.6 Å². The Hall–Kier alpha value is -2.55. The number of benzene rings is 2. The van der Waals surface area contributed by atoms with Crippen LogP contribution < -0.4 is 4.72 Å².